The molecule has 2 aromatic carbocycles. The molecule has 2 aliphatic rings. The van der Waals surface area contributed by atoms with E-state index in [1.807, 2.05) is 19.1 Å². The molecule has 2 aromatic rings. The van der Waals surface area contributed by atoms with Crippen molar-refractivity contribution in [1.82, 2.24) is 4.90 Å². The van der Waals surface area contributed by atoms with Gasteiger partial charge in [0.05, 0.1) is 23.0 Å². The standard InChI is InChI=1S/C26H26N2O9S2/c1-14-21-20(15(2)29)24(30)27(21)22(25(31)32)23(14)39-13-38-19-9-5-17(6-10-19)12-37-26(33)36-11-16-3-7-18(8-4-16)28(34)35/h3-10,14-15,20-21,29H,11-13H2,1-2H3,(H,31,32)/t14-,15-,20-,21-/m1/s1. The number of carboxylic acids is 1. The number of hydrogen-bond donors (Lipinski definition) is 2. The largest absolute Gasteiger partial charge is 0.508 e. The lowest BCUT2D eigenvalue weighted by atomic mass is 9.79. The number of nitro benzene ring substituents is 1. The normalized spacial score (nSPS) is 20.7. The molecule has 4 rings (SSSR count). The fraction of sp³-hybridized carbons (Fsp3) is 0.346. The molecule has 206 valence electrons. The summed E-state index contributed by atoms with van der Waals surface area (Å²) < 4.78 is 10.1. The van der Waals surface area contributed by atoms with Gasteiger partial charge in [-0.3, -0.25) is 14.9 Å². The van der Waals surface area contributed by atoms with Gasteiger partial charge in [0.25, 0.3) is 5.69 Å². The zero-order chi connectivity index (χ0) is 28.3. The summed E-state index contributed by atoms with van der Waals surface area (Å²) in [7, 11) is 0. The molecule has 1 saturated heterocycles. The van der Waals surface area contributed by atoms with Crippen LogP contribution >= 0.6 is 23.5 Å². The first kappa shape index (κ1) is 28.5. The highest BCUT2D eigenvalue weighted by atomic mass is 32.2. The lowest BCUT2D eigenvalue weighted by Gasteiger charge is -2.46. The minimum Gasteiger partial charge on any atom is -0.477 e. The Balaban J connectivity index is 1.23. The minimum atomic E-state index is -1.15. The molecule has 0 aliphatic carbocycles. The smallest absolute Gasteiger partial charge is 0.477 e. The van der Waals surface area contributed by atoms with Crippen LogP contribution in [0.15, 0.2) is 64.0 Å². The summed E-state index contributed by atoms with van der Waals surface area (Å²) in [5.41, 5.74) is 1.29. The molecule has 0 aromatic heterocycles. The fourth-order valence-corrected chi connectivity index (χ4v) is 6.94. The maximum absolute atomic E-state index is 12.4. The van der Waals surface area contributed by atoms with Crippen molar-refractivity contribution in [1.29, 1.82) is 0 Å². The summed E-state index contributed by atoms with van der Waals surface area (Å²) in [5.74, 6) is -2.27. The van der Waals surface area contributed by atoms with E-state index in [0.717, 1.165) is 10.5 Å². The van der Waals surface area contributed by atoms with Crippen LogP contribution in [0.25, 0.3) is 0 Å². The number of aliphatic hydroxyl groups is 1. The number of β-lactam (4-membered cyclic amide) rings is 1. The van der Waals surface area contributed by atoms with E-state index in [4.69, 9.17) is 9.47 Å². The Hall–Kier alpha value is -3.55. The van der Waals surface area contributed by atoms with Crippen LogP contribution in [-0.2, 0) is 32.3 Å². The van der Waals surface area contributed by atoms with Gasteiger partial charge >= 0.3 is 12.1 Å². The summed E-state index contributed by atoms with van der Waals surface area (Å²) in [6.45, 7) is 3.36. The second-order valence-corrected chi connectivity index (χ2v) is 11.5. The summed E-state index contributed by atoms with van der Waals surface area (Å²) in [5, 5.41) is 30.9. The van der Waals surface area contributed by atoms with E-state index in [-0.39, 0.29) is 42.5 Å². The van der Waals surface area contributed by atoms with Crippen LogP contribution in [0.2, 0.25) is 0 Å². The molecule has 11 nitrogen and oxygen atoms in total. The van der Waals surface area contributed by atoms with Gasteiger partial charge in [0.2, 0.25) is 5.91 Å². The number of non-ortho nitro benzene ring substituents is 1. The van der Waals surface area contributed by atoms with Gasteiger partial charge < -0.3 is 24.6 Å². The van der Waals surface area contributed by atoms with Crippen molar-refractivity contribution in [3.8, 4) is 0 Å². The van der Waals surface area contributed by atoms with E-state index in [0.29, 0.717) is 15.6 Å². The van der Waals surface area contributed by atoms with E-state index in [2.05, 4.69) is 0 Å². The number of aliphatic carboxylic acids is 1. The molecule has 0 radical (unpaired) electrons. The topological polar surface area (TPSA) is 157 Å². The highest BCUT2D eigenvalue weighted by molar-refractivity contribution is 8.17. The Labute approximate surface area is 232 Å². The number of nitrogens with zero attached hydrogens (tertiary/aromatic N) is 2. The third-order valence-corrected chi connectivity index (χ3v) is 8.96. The molecular weight excluding hydrogens is 548 g/mol. The number of rotatable bonds is 11. The van der Waals surface area contributed by atoms with Crippen LogP contribution in [0, 0.1) is 22.0 Å². The van der Waals surface area contributed by atoms with E-state index in [1.165, 1.54) is 52.7 Å². The van der Waals surface area contributed by atoms with E-state index >= 15 is 0 Å². The monoisotopic (exact) mass is 574 g/mol. The fourth-order valence-electron chi connectivity index (χ4n) is 4.60. The van der Waals surface area contributed by atoms with E-state index in [1.54, 1.807) is 19.1 Å². The van der Waals surface area contributed by atoms with Gasteiger partial charge in [-0.25, -0.2) is 9.59 Å². The lowest BCUT2D eigenvalue weighted by Crippen LogP contribution is -2.63. The molecule has 0 saturated carbocycles. The molecule has 4 atom stereocenters. The predicted octanol–water partition coefficient (Wildman–Crippen LogP) is 4.38. The molecule has 2 aliphatic heterocycles. The predicted molar refractivity (Wildman–Crippen MR) is 142 cm³/mol. The van der Waals surface area contributed by atoms with Crippen molar-refractivity contribution in [2.45, 2.75) is 44.1 Å². The molecule has 1 fully saturated rings. The molecular formula is C26H26N2O9S2. The van der Waals surface area contributed by atoms with E-state index < -0.39 is 29.1 Å². The Morgan fingerprint density at radius 2 is 1.62 bits per heavy atom. The van der Waals surface area contributed by atoms with Crippen LogP contribution < -0.4 is 0 Å². The van der Waals surface area contributed by atoms with Crippen molar-refractivity contribution >= 4 is 47.2 Å². The number of nitro groups is 1. The van der Waals surface area contributed by atoms with Crippen LogP contribution in [0.5, 0.6) is 0 Å². The molecule has 39 heavy (non-hydrogen) atoms. The number of fused-ring (bicyclic) bond motifs is 1. The second kappa shape index (κ2) is 12.1. The van der Waals surface area contributed by atoms with Crippen LogP contribution in [0.3, 0.4) is 0 Å². The first-order chi connectivity index (χ1) is 18.6. The Morgan fingerprint density at radius 3 is 2.13 bits per heavy atom. The van der Waals surface area contributed by atoms with Gasteiger partial charge in [-0.2, -0.15) is 0 Å². The highest BCUT2D eigenvalue weighted by Gasteiger charge is 2.59. The lowest BCUT2D eigenvalue weighted by molar-refractivity contribution is -0.384. The second-order valence-electron chi connectivity index (χ2n) is 9.07. The van der Waals surface area contributed by atoms with Gasteiger partial charge in [-0.15, -0.1) is 23.5 Å². The van der Waals surface area contributed by atoms with Crippen molar-refractivity contribution in [3.05, 3.63) is 80.4 Å². The molecule has 0 unspecified atom stereocenters. The number of ether oxygens (including phenoxy) is 2. The quantitative estimate of drug-likeness (QED) is 0.0980. The summed E-state index contributed by atoms with van der Waals surface area (Å²) in [6, 6.07) is 12.6. The maximum atomic E-state index is 12.4. The number of aliphatic hydroxyl groups excluding tert-OH is 1. The summed E-state index contributed by atoms with van der Waals surface area (Å²) in [6.07, 6.45) is -1.70. The van der Waals surface area contributed by atoms with Gasteiger partial charge in [0.1, 0.15) is 18.9 Å². The van der Waals surface area contributed by atoms with Crippen LogP contribution in [0.1, 0.15) is 25.0 Å². The summed E-state index contributed by atoms with van der Waals surface area (Å²) in [4.78, 5) is 49.3. The third-order valence-electron chi connectivity index (χ3n) is 6.54. The van der Waals surface area contributed by atoms with Gasteiger partial charge in [0.15, 0.2) is 0 Å². The summed E-state index contributed by atoms with van der Waals surface area (Å²) >= 11 is 2.88. The molecule has 2 heterocycles. The number of carbonyl (C=O) groups excluding carboxylic acids is 2. The Bertz CT molecular complexity index is 1300. The number of hydrogen-bond acceptors (Lipinski definition) is 10. The van der Waals surface area contributed by atoms with Crippen LogP contribution in [-0.4, -0.2) is 55.3 Å². The average molecular weight is 575 g/mol. The molecule has 2 N–H and O–H groups in total. The van der Waals surface area contributed by atoms with Crippen molar-refractivity contribution in [2.24, 2.45) is 11.8 Å². The first-order valence-electron chi connectivity index (χ1n) is 11.9. The zero-order valence-corrected chi connectivity index (χ0v) is 22.6. The number of amides is 1. The first-order valence-corrected chi connectivity index (χ1v) is 13.9. The SMILES string of the molecule is C[C@@H](O)[C@H]1C(=O)N2C(C(=O)O)=C(SCSc3ccc(COC(=O)OCc4ccc([N+](=O)[O-])cc4)cc3)[C@H](C)[C@H]12. The third kappa shape index (κ3) is 6.21. The molecule has 0 spiro atoms. The highest BCUT2D eigenvalue weighted by Crippen LogP contribution is 2.51. The van der Waals surface area contributed by atoms with E-state index in [9.17, 15) is 34.7 Å². The molecule has 13 heteroatoms. The van der Waals surface area contributed by atoms with Crippen LogP contribution in [0.4, 0.5) is 10.5 Å². The van der Waals surface area contributed by atoms with Gasteiger partial charge in [-0.1, -0.05) is 19.1 Å². The van der Waals surface area contributed by atoms with Gasteiger partial charge in [-0.05, 0) is 42.3 Å². The Morgan fingerprint density at radius 1 is 1.05 bits per heavy atom. The number of benzene rings is 2. The van der Waals surface area contributed by atoms with Crippen molar-refractivity contribution in [2.75, 3.05) is 5.08 Å². The Kier molecular flexibility index (Phi) is 8.83. The molecule has 0 bridgehead atoms. The number of thioether (sulfide) groups is 2. The number of carboxylic acid groups (broad SMARTS) is 1. The average Bonchev–Trinajstić information content (AvgIpc) is 3.15. The maximum Gasteiger partial charge on any atom is 0.508 e. The van der Waals surface area contributed by atoms with Gasteiger partial charge in [0, 0.05) is 32.9 Å². The molecule has 1 amide bonds. The van der Waals surface area contributed by atoms with Crippen molar-refractivity contribution < 1.29 is 39.0 Å². The minimum absolute atomic E-state index is 0.000855. The zero-order valence-electron chi connectivity index (χ0n) is 21.0. The number of carbonyl (C=O) groups is 3. The van der Waals surface area contributed by atoms with Crippen molar-refractivity contribution in [3.63, 3.8) is 0 Å².